The van der Waals surface area contributed by atoms with E-state index < -0.39 is 5.97 Å². The Morgan fingerprint density at radius 2 is 1.79 bits per heavy atom. The van der Waals surface area contributed by atoms with Crippen molar-refractivity contribution >= 4 is 17.6 Å². The Kier molecular flexibility index (Phi) is 5.39. The van der Waals surface area contributed by atoms with Gasteiger partial charge in [-0.25, -0.2) is 14.8 Å². The molecule has 29 heavy (non-hydrogen) atoms. The van der Waals surface area contributed by atoms with Crippen molar-refractivity contribution in [3.63, 3.8) is 0 Å². The Bertz CT molecular complexity index is 1020. The van der Waals surface area contributed by atoms with E-state index in [0.29, 0.717) is 17.6 Å². The van der Waals surface area contributed by atoms with Gasteiger partial charge in [0, 0.05) is 22.9 Å². The maximum atomic E-state index is 11.3. The van der Waals surface area contributed by atoms with E-state index in [2.05, 4.69) is 15.6 Å². The van der Waals surface area contributed by atoms with Gasteiger partial charge in [0.1, 0.15) is 11.3 Å². The molecule has 2 heterocycles. The lowest BCUT2D eigenvalue weighted by Crippen LogP contribution is -2.27. The molecular formula is C22H22N4O3. The first-order valence-corrected chi connectivity index (χ1v) is 9.58. The fourth-order valence-corrected chi connectivity index (χ4v) is 3.52. The number of piperidine rings is 1. The SMILES string of the molecule is O=C(O)c1cc(Nc2nc(-c3ccccc3)cc(C3CCNCC3)n2)ccc1O. The minimum Gasteiger partial charge on any atom is -0.507 e. The number of carboxylic acids is 1. The molecule has 7 nitrogen and oxygen atoms in total. The molecule has 0 amide bonds. The minimum absolute atomic E-state index is 0.173. The summed E-state index contributed by atoms with van der Waals surface area (Å²) in [5.74, 6) is -0.725. The topological polar surface area (TPSA) is 107 Å². The van der Waals surface area contributed by atoms with Crippen molar-refractivity contribution in [2.45, 2.75) is 18.8 Å². The molecule has 0 saturated carbocycles. The molecule has 1 aromatic heterocycles. The first kappa shape index (κ1) is 18.9. The number of anilines is 2. The highest BCUT2D eigenvalue weighted by Crippen LogP contribution is 2.29. The summed E-state index contributed by atoms with van der Waals surface area (Å²) in [6, 6.07) is 16.3. The first-order chi connectivity index (χ1) is 14.1. The van der Waals surface area contributed by atoms with Crippen LogP contribution in [0.5, 0.6) is 5.75 Å². The summed E-state index contributed by atoms with van der Waals surface area (Å²) in [6.45, 7) is 1.91. The van der Waals surface area contributed by atoms with Crippen LogP contribution >= 0.6 is 0 Å². The second-order valence-electron chi connectivity index (χ2n) is 7.05. The molecule has 3 aromatic rings. The molecule has 0 unspecified atom stereocenters. The quantitative estimate of drug-likeness (QED) is 0.491. The zero-order chi connectivity index (χ0) is 20.2. The van der Waals surface area contributed by atoms with Gasteiger partial charge in [-0.15, -0.1) is 0 Å². The highest BCUT2D eigenvalue weighted by molar-refractivity contribution is 5.92. The Labute approximate surface area is 168 Å². The summed E-state index contributed by atoms with van der Waals surface area (Å²) in [5, 5.41) is 25.4. The van der Waals surface area contributed by atoms with Crippen molar-refractivity contribution in [2.24, 2.45) is 0 Å². The normalized spacial score (nSPS) is 14.5. The molecule has 0 bridgehead atoms. The van der Waals surface area contributed by atoms with E-state index in [9.17, 15) is 15.0 Å². The van der Waals surface area contributed by atoms with Gasteiger partial charge >= 0.3 is 5.97 Å². The first-order valence-electron chi connectivity index (χ1n) is 9.58. The molecule has 1 saturated heterocycles. The van der Waals surface area contributed by atoms with E-state index in [4.69, 9.17) is 4.98 Å². The second-order valence-corrected chi connectivity index (χ2v) is 7.05. The molecule has 0 spiro atoms. The van der Waals surface area contributed by atoms with Gasteiger partial charge in [0.2, 0.25) is 5.95 Å². The molecule has 1 aliphatic heterocycles. The van der Waals surface area contributed by atoms with Crippen molar-refractivity contribution < 1.29 is 15.0 Å². The molecule has 2 aromatic carbocycles. The third-order valence-electron chi connectivity index (χ3n) is 5.06. The average Bonchev–Trinajstić information content (AvgIpc) is 2.76. The summed E-state index contributed by atoms with van der Waals surface area (Å²) in [6.07, 6.45) is 2.01. The number of benzene rings is 2. The van der Waals surface area contributed by atoms with E-state index >= 15 is 0 Å². The van der Waals surface area contributed by atoms with E-state index in [0.717, 1.165) is 42.9 Å². The third-order valence-corrected chi connectivity index (χ3v) is 5.06. The third kappa shape index (κ3) is 4.35. The summed E-state index contributed by atoms with van der Waals surface area (Å²) in [5.41, 5.74) is 3.11. The zero-order valence-electron chi connectivity index (χ0n) is 15.8. The van der Waals surface area contributed by atoms with Crippen molar-refractivity contribution in [1.29, 1.82) is 0 Å². The minimum atomic E-state index is -1.19. The molecule has 0 atom stereocenters. The highest BCUT2D eigenvalue weighted by atomic mass is 16.4. The smallest absolute Gasteiger partial charge is 0.339 e. The van der Waals surface area contributed by atoms with E-state index in [1.54, 1.807) is 6.07 Å². The number of hydrogen-bond acceptors (Lipinski definition) is 6. The van der Waals surface area contributed by atoms with Crippen LogP contribution in [0.1, 0.15) is 34.8 Å². The fourth-order valence-electron chi connectivity index (χ4n) is 3.52. The molecule has 1 aliphatic rings. The number of rotatable bonds is 5. The molecular weight excluding hydrogens is 368 g/mol. The molecule has 7 heteroatoms. The Hall–Kier alpha value is -3.45. The van der Waals surface area contributed by atoms with Crippen LogP contribution in [0.25, 0.3) is 11.3 Å². The molecule has 0 aliphatic carbocycles. The van der Waals surface area contributed by atoms with Crippen LogP contribution in [0.4, 0.5) is 11.6 Å². The number of aromatic hydroxyl groups is 1. The maximum Gasteiger partial charge on any atom is 0.339 e. The van der Waals surface area contributed by atoms with Crippen LogP contribution in [0, 0.1) is 0 Å². The van der Waals surface area contributed by atoms with Crippen molar-refractivity contribution in [3.05, 3.63) is 65.9 Å². The van der Waals surface area contributed by atoms with Crippen molar-refractivity contribution in [2.75, 3.05) is 18.4 Å². The number of aromatic carboxylic acids is 1. The Balaban J connectivity index is 1.72. The molecule has 1 fully saturated rings. The summed E-state index contributed by atoms with van der Waals surface area (Å²) < 4.78 is 0. The van der Waals surface area contributed by atoms with Crippen LogP contribution in [0.3, 0.4) is 0 Å². The van der Waals surface area contributed by atoms with Crippen LogP contribution in [-0.4, -0.2) is 39.2 Å². The molecule has 4 N–H and O–H groups in total. The number of carboxylic acid groups (broad SMARTS) is 1. The lowest BCUT2D eigenvalue weighted by atomic mass is 9.93. The van der Waals surface area contributed by atoms with Gasteiger partial charge in [-0.3, -0.25) is 0 Å². The zero-order valence-corrected chi connectivity index (χ0v) is 15.8. The fraction of sp³-hybridized carbons (Fsp3) is 0.227. The maximum absolute atomic E-state index is 11.3. The second kappa shape index (κ2) is 8.28. The number of nitrogens with one attached hydrogen (secondary N) is 2. The van der Waals surface area contributed by atoms with Crippen LogP contribution in [0.2, 0.25) is 0 Å². The van der Waals surface area contributed by atoms with Gasteiger partial charge in [-0.1, -0.05) is 30.3 Å². The Morgan fingerprint density at radius 3 is 2.52 bits per heavy atom. The van der Waals surface area contributed by atoms with Crippen molar-refractivity contribution in [3.8, 4) is 17.0 Å². The van der Waals surface area contributed by atoms with Crippen LogP contribution < -0.4 is 10.6 Å². The lowest BCUT2D eigenvalue weighted by molar-refractivity contribution is 0.0694. The van der Waals surface area contributed by atoms with E-state index in [1.165, 1.54) is 12.1 Å². The van der Waals surface area contributed by atoms with Gasteiger partial charge in [-0.2, -0.15) is 0 Å². The molecule has 4 rings (SSSR count). The largest absolute Gasteiger partial charge is 0.507 e. The monoisotopic (exact) mass is 390 g/mol. The highest BCUT2D eigenvalue weighted by Gasteiger charge is 2.19. The van der Waals surface area contributed by atoms with Crippen molar-refractivity contribution in [1.82, 2.24) is 15.3 Å². The number of phenols is 1. The molecule has 0 radical (unpaired) electrons. The predicted molar refractivity (Wildman–Crippen MR) is 111 cm³/mol. The van der Waals surface area contributed by atoms with Gasteiger partial charge in [0.15, 0.2) is 0 Å². The van der Waals surface area contributed by atoms with E-state index in [-0.39, 0.29) is 11.3 Å². The number of aromatic nitrogens is 2. The van der Waals surface area contributed by atoms with Gasteiger partial charge in [-0.05, 0) is 50.2 Å². The number of nitrogens with zero attached hydrogens (tertiary/aromatic N) is 2. The standard InChI is InChI=1S/C22H22N4O3/c27-20-7-6-16(12-17(20)21(28)29)24-22-25-18(14-4-2-1-3-5-14)13-19(26-22)15-8-10-23-11-9-15/h1-7,12-13,15,23,27H,8-11H2,(H,28,29)(H,24,25,26). The Morgan fingerprint density at radius 1 is 1.03 bits per heavy atom. The van der Waals surface area contributed by atoms with Gasteiger partial charge < -0.3 is 20.8 Å². The van der Waals surface area contributed by atoms with Gasteiger partial charge in [0.25, 0.3) is 0 Å². The summed E-state index contributed by atoms with van der Waals surface area (Å²) >= 11 is 0. The summed E-state index contributed by atoms with van der Waals surface area (Å²) in [4.78, 5) is 20.7. The number of hydrogen-bond donors (Lipinski definition) is 4. The van der Waals surface area contributed by atoms with E-state index in [1.807, 2.05) is 36.4 Å². The average molecular weight is 390 g/mol. The summed E-state index contributed by atoms with van der Waals surface area (Å²) in [7, 11) is 0. The van der Waals surface area contributed by atoms with Crippen LogP contribution in [-0.2, 0) is 0 Å². The molecule has 148 valence electrons. The lowest BCUT2D eigenvalue weighted by Gasteiger charge is -2.23. The predicted octanol–water partition coefficient (Wildman–Crippen LogP) is 3.76. The van der Waals surface area contributed by atoms with Gasteiger partial charge in [0.05, 0.1) is 5.69 Å². The number of carbonyl (C=O) groups is 1. The van der Waals surface area contributed by atoms with Crippen LogP contribution in [0.15, 0.2) is 54.6 Å².